The molecule has 0 aromatic rings. The van der Waals surface area contributed by atoms with E-state index in [1.54, 1.807) is 7.11 Å². The SMILES string of the molecule is CCN(CCC1CCCC1(C#N)NC(C)C)C(C)COC. The van der Waals surface area contributed by atoms with Gasteiger partial charge in [0.15, 0.2) is 0 Å². The molecule has 1 aliphatic rings. The molecule has 0 amide bonds. The molecule has 3 atom stereocenters. The van der Waals surface area contributed by atoms with E-state index in [1.807, 2.05) is 0 Å². The highest BCUT2D eigenvalue weighted by Crippen LogP contribution is 2.38. The molecule has 0 heterocycles. The zero-order chi connectivity index (χ0) is 15.9. The Morgan fingerprint density at radius 1 is 1.43 bits per heavy atom. The molecule has 0 aliphatic heterocycles. The maximum Gasteiger partial charge on any atom is 0.109 e. The Kier molecular flexibility index (Phi) is 7.65. The Labute approximate surface area is 130 Å². The summed E-state index contributed by atoms with van der Waals surface area (Å²) < 4.78 is 5.27. The van der Waals surface area contributed by atoms with Crippen LogP contribution in [0.1, 0.15) is 53.4 Å². The molecule has 4 heteroatoms. The monoisotopic (exact) mass is 295 g/mol. The van der Waals surface area contributed by atoms with Crippen molar-refractivity contribution in [3.63, 3.8) is 0 Å². The number of hydrogen-bond acceptors (Lipinski definition) is 4. The summed E-state index contributed by atoms with van der Waals surface area (Å²) in [5, 5.41) is 13.3. The van der Waals surface area contributed by atoms with Crippen LogP contribution in [0.25, 0.3) is 0 Å². The molecule has 3 unspecified atom stereocenters. The first-order chi connectivity index (χ1) is 9.99. The summed E-state index contributed by atoms with van der Waals surface area (Å²) in [6, 6.07) is 3.40. The van der Waals surface area contributed by atoms with Gasteiger partial charge in [0, 0.05) is 19.2 Å². The van der Waals surface area contributed by atoms with Crippen molar-refractivity contribution in [1.82, 2.24) is 10.2 Å². The molecule has 1 aliphatic carbocycles. The van der Waals surface area contributed by atoms with Crippen molar-refractivity contribution in [2.45, 2.75) is 71.0 Å². The zero-order valence-corrected chi connectivity index (χ0v) is 14.5. The smallest absolute Gasteiger partial charge is 0.109 e. The number of likely N-dealkylation sites (N-methyl/N-ethyl adjacent to an activating group) is 1. The third kappa shape index (κ3) is 4.95. The number of rotatable bonds is 9. The van der Waals surface area contributed by atoms with E-state index in [9.17, 15) is 5.26 Å². The molecular formula is C17H33N3O. The molecule has 1 fully saturated rings. The molecule has 21 heavy (non-hydrogen) atoms. The second-order valence-corrected chi connectivity index (χ2v) is 6.69. The molecule has 122 valence electrons. The molecule has 0 aromatic heterocycles. The van der Waals surface area contributed by atoms with E-state index in [2.05, 4.69) is 44.0 Å². The fourth-order valence-electron chi connectivity index (χ4n) is 3.71. The van der Waals surface area contributed by atoms with Crippen LogP contribution in [0.2, 0.25) is 0 Å². The molecule has 1 saturated carbocycles. The third-order valence-corrected chi connectivity index (χ3v) is 4.77. The van der Waals surface area contributed by atoms with E-state index in [-0.39, 0.29) is 5.54 Å². The highest BCUT2D eigenvalue weighted by Gasteiger charge is 2.43. The summed E-state index contributed by atoms with van der Waals surface area (Å²) in [6.07, 6.45) is 4.42. The Balaban J connectivity index is 2.61. The van der Waals surface area contributed by atoms with Crippen molar-refractivity contribution in [1.29, 1.82) is 5.26 Å². The van der Waals surface area contributed by atoms with Crippen molar-refractivity contribution in [2.24, 2.45) is 5.92 Å². The standard InChI is InChI=1S/C17H33N3O/c1-6-20(15(4)12-21-5)11-9-16-8-7-10-17(16,13-18)19-14(2)3/h14-16,19H,6-12H2,1-5H3. The van der Waals surface area contributed by atoms with Crippen LogP contribution in [0.4, 0.5) is 0 Å². The van der Waals surface area contributed by atoms with E-state index in [4.69, 9.17) is 4.74 Å². The summed E-state index contributed by atoms with van der Waals surface area (Å²) in [5.41, 5.74) is -0.307. The number of ether oxygens (including phenoxy) is 1. The van der Waals surface area contributed by atoms with Gasteiger partial charge in [-0.15, -0.1) is 0 Å². The highest BCUT2D eigenvalue weighted by atomic mass is 16.5. The number of nitriles is 1. The maximum atomic E-state index is 9.71. The van der Waals surface area contributed by atoms with Gasteiger partial charge in [-0.2, -0.15) is 5.26 Å². The van der Waals surface area contributed by atoms with Gasteiger partial charge >= 0.3 is 0 Å². The summed E-state index contributed by atoms with van der Waals surface area (Å²) in [5.74, 6) is 0.466. The van der Waals surface area contributed by atoms with Crippen LogP contribution in [-0.2, 0) is 4.74 Å². The largest absolute Gasteiger partial charge is 0.383 e. The van der Waals surface area contributed by atoms with Gasteiger partial charge in [0.2, 0.25) is 0 Å². The Hall–Kier alpha value is -0.630. The van der Waals surface area contributed by atoms with E-state index < -0.39 is 0 Å². The molecule has 0 bridgehead atoms. The van der Waals surface area contributed by atoms with Crippen LogP contribution >= 0.6 is 0 Å². The molecular weight excluding hydrogens is 262 g/mol. The summed E-state index contributed by atoms with van der Waals surface area (Å²) in [6.45, 7) is 11.5. The van der Waals surface area contributed by atoms with Crippen molar-refractivity contribution >= 4 is 0 Å². The van der Waals surface area contributed by atoms with Gasteiger partial charge in [0.25, 0.3) is 0 Å². The molecule has 0 spiro atoms. The maximum absolute atomic E-state index is 9.71. The first kappa shape index (κ1) is 18.4. The molecule has 0 radical (unpaired) electrons. The van der Waals surface area contributed by atoms with E-state index in [0.29, 0.717) is 18.0 Å². The van der Waals surface area contributed by atoms with Gasteiger partial charge in [0.05, 0.1) is 12.7 Å². The Morgan fingerprint density at radius 2 is 2.14 bits per heavy atom. The highest BCUT2D eigenvalue weighted by molar-refractivity contribution is 5.14. The topological polar surface area (TPSA) is 48.3 Å². The quantitative estimate of drug-likeness (QED) is 0.710. The van der Waals surface area contributed by atoms with Crippen molar-refractivity contribution in [3.8, 4) is 6.07 Å². The second kappa shape index (κ2) is 8.73. The summed E-state index contributed by atoms with van der Waals surface area (Å²) in [4.78, 5) is 2.46. The van der Waals surface area contributed by atoms with Crippen molar-refractivity contribution in [3.05, 3.63) is 0 Å². The lowest BCUT2D eigenvalue weighted by Crippen LogP contribution is -2.51. The van der Waals surface area contributed by atoms with Gasteiger partial charge < -0.3 is 4.74 Å². The van der Waals surface area contributed by atoms with Gasteiger partial charge in [-0.25, -0.2) is 0 Å². The van der Waals surface area contributed by atoms with Crippen LogP contribution in [0.15, 0.2) is 0 Å². The van der Waals surface area contributed by atoms with Gasteiger partial charge in [-0.05, 0) is 59.0 Å². The first-order valence-corrected chi connectivity index (χ1v) is 8.41. The average molecular weight is 295 g/mol. The lowest BCUT2D eigenvalue weighted by Gasteiger charge is -2.34. The molecule has 0 saturated heterocycles. The molecule has 1 rings (SSSR count). The molecule has 1 N–H and O–H groups in total. The summed E-state index contributed by atoms with van der Waals surface area (Å²) >= 11 is 0. The second-order valence-electron chi connectivity index (χ2n) is 6.69. The minimum Gasteiger partial charge on any atom is -0.383 e. The number of nitrogens with one attached hydrogen (secondary N) is 1. The minimum atomic E-state index is -0.307. The minimum absolute atomic E-state index is 0.307. The Morgan fingerprint density at radius 3 is 2.67 bits per heavy atom. The van der Waals surface area contributed by atoms with Gasteiger partial charge in [-0.1, -0.05) is 13.3 Å². The Bertz CT molecular complexity index is 339. The van der Waals surface area contributed by atoms with Crippen molar-refractivity contribution in [2.75, 3.05) is 26.8 Å². The van der Waals surface area contributed by atoms with Crippen LogP contribution in [0.5, 0.6) is 0 Å². The van der Waals surface area contributed by atoms with E-state index >= 15 is 0 Å². The predicted molar refractivity (Wildman–Crippen MR) is 87.2 cm³/mol. The van der Waals surface area contributed by atoms with Crippen LogP contribution in [-0.4, -0.2) is 49.3 Å². The van der Waals surface area contributed by atoms with Crippen LogP contribution in [0.3, 0.4) is 0 Å². The predicted octanol–water partition coefficient (Wildman–Crippen LogP) is 2.79. The van der Waals surface area contributed by atoms with Gasteiger partial charge in [-0.3, -0.25) is 10.2 Å². The average Bonchev–Trinajstić information content (AvgIpc) is 2.82. The van der Waals surface area contributed by atoms with Crippen molar-refractivity contribution < 1.29 is 4.74 Å². The number of hydrogen-bond donors (Lipinski definition) is 1. The zero-order valence-electron chi connectivity index (χ0n) is 14.5. The normalized spacial score (nSPS) is 27.2. The first-order valence-electron chi connectivity index (χ1n) is 8.41. The van der Waals surface area contributed by atoms with E-state index in [0.717, 1.165) is 39.0 Å². The fraction of sp³-hybridized carbons (Fsp3) is 0.941. The van der Waals surface area contributed by atoms with Crippen LogP contribution < -0.4 is 5.32 Å². The van der Waals surface area contributed by atoms with Crippen LogP contribution in [0, 0.1) is 17.2 Å². The molecule has 4 nitrogen and oxygen atoms in total. The third-order valence-electron chi connectivity index (χ3n) is 4.77. The number of nitrogens with zero attached hydrogens (tertiary/aromatic N) is 2. The van der Waals surface area contributed by atoms with E-state index in [1.165, 1.54) is 6.42 Å². The fourth-order valence-corrected chi connectivity index (χ4v) is 3.71. The lowest BCUT2D eigenvalue weighted by atomic mass is 9.85. The van der Waals surface area contributed by atoms with Gasteiger partial charge in [0.1, 0.15) is 5.54 Å². The molecule has 0 aromatic carbocycles. The number of methoxy groups -OCH3 is 1. The lowest BCUT2D eigenvalue weighted by molar-refractivity contribution is 0.0956. The summed E-state index contributed by atoms with van der Waals surface area (Å²) in [7, 11) is 1.76.